The fourth-order valence-electron chi connectivity index (χ4n) is 3.83. The van der Waals surface area contributed by atoms with Crippen molar-refractivity contribution in [2.75, 3.05) is 18.5 Å². The highest BCUT2D eigenvalue weighted by molar-refractivity contribution is 9.09. The summed E-state index contributed by atoms with van der Waals surface area (Å²) in [5, 5.41) is 11.6. The maximum Gasteiger partial charge on any atom is 0.195 e. The van der Waals surface area contributed by atoms with Crippen LogP contribution in [-0.4, -0.2) is 35.0 Å². The molecule has 114 valence electrons. The van der Waals surface area contributed by atoms with Gasteiger partial charge in [-0.3, -0.25) is 4.79 Å². The van der Waals surface area contributed by atoms with Gasteiger partial charge in [0.25, 0.3) is 0 Å². The number of Topliss-reactive ketones (excluding diaryl/α,β-unsaturated/α-hetero) is 1. The van der Waals surface area contributed by atoms with E-state index in [9.17, 15) is 9.90 Å². The largest absolute Gasteiger partial charge is 0.381 e. The molecule has 1 atom stereocenters. The van der Waals surface area contributed by atoms with Crippen LogP contribution in [0.2, 0.25) is 0 Å². The van der Waals surface area contributed by atoms with E-state index in [0.29, 0.717) is 18.8 Å². The zero-order valence-corrected chi connectivity index (χ0v) is 14.3. The van der Waals surface area contributed by atoms with Crippen LogP contribution in [0.15, 0.2) is 33.9 Å². The first-order valence-corrected chi connectivity index (χ1v) is 8.53. The molecular weight excluding hydrogens is 332 g/mol. The van der Waals surface area contributed by atoms with E-state index in [1.165, 1.54) is 0 Å². The molecule has 0 unspecified atom stereocenters. The summed E-state index contributed by atoms with van der Waals surface area (Å²) in [6.07, 6.45) is 3.70. The van der Waals surface area contributed by atoms with Crippen molar-refractivity contribution in [2.45, 2.75) is 39.2 Å². The molecule has 0 aromatic rings. The Morgan fingerprint density at radius 1 is 1.38 bits per heavy atom. The van der Waals surface area contributed by atoms with Crippen molar-refractivity contribution >= 4 is 21.7 Å². The summed E-state index contributed by atoms with van der Waals surface area (Å²) in [6.45, 7) is 6.93. The minimum Gasteiger partial charge on any atom is -0.381 e. The topological polar surface area (TPSA) is 46.5 Å². The van der Waals surface area contributed by atoms with Gasteiger partial charge in [-0.25, -0.2) is 0 Å². The van der Waals surface area contributed by atoms with Gasteiger partial charge in [0.2, 0.25) is 0 Å². The Balaban J connectivity index is 2.04. The Morgan fingerprint density at radius 2 is 2.05 bits per heavy atom. The van der Waals surface area contributed by atoms with Crippen molar-refractivity contribution in [3.8, 4) is 0 Å². The number of ether oxygens (including phenoxy) is 1. The lowest BCUT2D eigenvalue weighted by molar-refractivity contribution is -0.137. The molecule has 0 saturated heterocycles. The fourth-order valence-corrected chi connectivity index (χ4v) is 4.06. The van der Waals surface area contributed by atoms with Crippen LogP contribution in [0.25, 0.3) is 0 Å². The molecule has 3 aliphatic rings. The summed E-state index contributed by atoms with van der Waals surface area (Å²) in [5.41, 5.74) is 3.45. The van der Waals surface area contributed by atoms with Crippen LogP contribution in [0.1, 0.15) is 33.6 Å². The number of rotatable bonds is 4. The first-order valence-electron chi connectivity index (χ1n) is 7.41. The molecule has 1 fully saturated rings. The van der Waals surface area contributed by atoms with Crippen LogP contribution in [0.5, 0.6) is 0 Å². The lowest BCUT2D eigenvalue weighted by atomic mass is 9.67. The summed E-state index contributed by atoms with van der Waals surface area (Å²) in [5.74, 6) is -0.129. The minimum absolute atomic E-state index is 0.129. The van der Waals surface area contributed by atoms with E-state index in [1.807, 2.05) is 13.0 Å². The van der Waals surface area contributed by atoms with Crippen LogP contribution < -0.4 is 0 Å². The monoisotopic (exact) mass is 352 g/mol. The van der Waals surface area contributed by atoms with Gasteiger partial charge in [0.05, 0.1) is 13.2 Å². The molecule has 0 aromatic carbocycles. The molecule has 3 nitrogen and oxygen atoms in total. The Morgan fingerprint density at radius 3 is 2.62 bits per heavy atom. The first-order chi connectivity index (χ1) is 9.87. The van der Waals surface area contributed by atoms with Gasteiger partial charge >= 0.3 is 0 Å². The third-order valence-corrected chi connectivity index (χ3v) is 5.66. The summed E-state index contributed by atoms with van der Waals surface area (Å²) in [6, 6.07) is 0. The number of halogens is 1. The second kappa shape index (κ2) is 4.90. The van der Waals surface area contributed by atoms with Gasteiger partial charge in [0, 0.05) is 16.3 Å². The van der Waals surface area contributed by atoms with Crippen LogP contribution in [-0.2, 0) is 9.53 Å². The van der Waals surface area contributed by atoms with E-state index in [4.69, 9.17) is 4.74 Å². The van der Waals surface area contributed by atoms with E-state index >= 15 is 0 Å². The number of fused-ring (bicyclic) bond motifs is 1. The maximum atomic E-state index is 12.7. The second-order valence-corrected chi connectivity index (χ2v) is 7.24. The SMILES string of the molecule is CC1=C(COCCBr)C2=C(C)C3(CC3)[C@@](C)(O)C(=O)C2=C1. The minimum atomic E-state index is -1.27. The maximum absolute atomic E-state index is 12.7. The standard InChI is InChI=1S/C17H21BrO3/c1-10-8-12-14(13(10)9-21-7-6-18)11(2)17(4-5-17)16(3,20)15(12)19/h8,20H,4-7,9H2,1-3H3/t16-/m0/s1. The van der Waals surface area contributed by atoms with Crippen LogP contribution in [0.4, 0.5) is 0 Å². The molecule has 1 N–H and O–H groups in total. The molecule has 0 heterocycles. The van der Waals surface area contributed by atoms with Crippen molar-refractivity contribution in [3.63, 3.8) is 0 Å². The molecule has 21 heavy (non-hydrogen) atoms. The average Bonchev–Trinajstić information content (AvgIpc) is 3.18. The Kier molecular flexibility index (Phi) is 3.55. The Labute approximate surface area is 133 Å². The summed E-state index contributed by atoms with van der Waals surface area (Å²) in [4.78, 5) is 12.7. The van der Waals surface area contributed by atoms with Crippen LogP contribution in [0, 0.1) is 5.41 Å². The van der Waals surface area contributed by atoms with Crippen LogP contribution in [0.3, 0.4) is 0 Å². The van der Waals surface area contributed by atoms with Gasteiger partial charge in [-0.2, -0.15) is 0 Å². The zero-order valence-electron chi connectivity index (χ0n) is 12.8. The first kappa shape index (κ1) is 15.2. The number of carbonyl (C=O) groups excluding carboxylic acids is 1. The Hall–Kier alpha value is -0.710. The number of hydrogen-bond donors (Lipinski definition) is 1. The molecule has 1 saturated carbocycles. The van der Waals surface area contributed by atoms with Crippen LogP contribution >= 0.6 is 15.9 Å². The quantitative estimate of drug-likeness (QED) is 0.624. The predicted molar refractivity (Wildman–Crippen MR) is 85.4 cm³/mol. The highest BCUT2D eigenvalue weighted by Gasteiger charge is 2.64. The van der Waals surface area contributed by atoms with Crippen molar-refractivity contribution in [2.24, 2.45) is 5.41 Å². The van der Waals surface area contributed by atoms with Crippen molar-refractivity contribution in [1.82, 2.24) is 0 Å². The number of aliphatic hydroxyl groups is 1. The molecule has 0 amide bonds. The molecular formula is C17H21BrO3. The number of alkyl halides is 1. The van der Waals surface area contributed by atoms with Gasteiger partial charge in [-0.15, -0.1) is 0 Å². The molecule has 3 rings (SSSR count). The van der Waals surface area contributed by atoms with Crippen molar-refractivity contribution < 1.29 is 14.6 Å². The van der Waals surface area contributed by atoms with Gasteiger partial charge in [-0.05, 0) is 56.4 Å². The zero-order chi connectivity index (χ0) is 15.4. The number of allylic oxidation sites excluding steroid dienone is 2. The summed E-state index contributed by atoms with van der Waals surface area (Å²) >= 11 is 3.35. The van der Waals surface area contributed by atoms with E-state index in [2.05, 4.69) is 22.9 Å². The highest BCUT2D eigenvalue weighted by Crippen LogP contribution is 2.64. The third kappa shape index (κ3) is 1.96. The number of ketones is 1. The summed E-state index contributed by atoms with van der Waals surface area (Å²) in [7, 11) is 0. The molecule has 0 bridgehead atoms. The van der Waals surface area contributed by atoms with Gasteiger partial charge in [0.15, 0.2) is 5.78 Å². The summed E-state index contributed by atoms with van der Waals surface area (Å²) < 4.78 is 5.66. The molecule has 0 aromatic heterocycles. The predicted octanol–water partition coefficient (Wildman–Crippen LogP) is 3.08. The normalized spacial score (nSPS) is 30.1. The van der Waals surface area contributed by atoms with Crippen molar-refractivity contribution in [1.29, 1.82) is 0 Å². The van der Waals surface area contributed by atoms with Gasteiger partial charge in [0.1, 0.15) is 5.60 Å². The second-order valence-electron chi connectivity index (χ2n) is 6.44. The Bertz CT molecular complexity index is 604. The van der Waals surface area contributed by atoms with Gasteiger partial charge < -0.3 is 9.84 Å². The van der Waals surface area contributed by atoms with E-state index in [0.717, 1.165) is 40.5 Å². The average molecular weight is 353 g/mol. The number of hydrogen-bond acceptors (Lipinski definition) is 3. The van der Waals surface area contributed by atoms with Crippen molar-refractivity contribution in [3.05, 3.63) is 33.9 Å². The highest BCUT2D eigenvalue weighted by atomic mass is 79.9. The van der Waals surface area contributed by atoms with Gasteiger partial charge in [-0.1, -0.05) is 21.5 Å². The lowest BCUT2D eigenvalue weighted by Crippen LogP contribution is -2.49. The molecule has 3 aliphatic carbocycles. The van der Waals surface area contributed by atoms with E-state index in [1.54, 1.807) is 6.92 Å². The van der Waals surface area contributed by atoms with E-state index in [-0.39, 0.29) is 11.2 Å². The number of carbonyl (C=O) groups is 1. The fraction of sp³-hybridized carbons (Fsp3) is 0.588. The molecule has 0 aliphatic heterocycles. The lowest BCUT2D eigenvalue weighted by Gasteiger charge is -2.39. The molecule has 1 spiro atoms. The third-order valence-electron chi connectivity index (χ3n) is 5.34. The smallest absolute Gasteiger partial charge is 0.195 e. The molecule has 4 heteroatoms. The molecule has 0 radical (unpaired) electrons. The van der Waals surface area contributed by atoms with E-state index < -0.39 is 5.60 Å².